The molecule has 0 aromatic heterocycles. The van der Waals surface area contributed by atoms with E-state index in [1.165, 1.54) is 12.1 Å². The molecule has 0 unspecified atom stereocenters. The fraction of sp³-hybridized carbons (Fsp3) is 0.333. The predicted molar refractivity (Wildman–Crippen MR) is 101 cm³/mol. The number of esters is 1. The third-order valence-corrected chi connectivity index (χ3v) is 3.57. The summed E-state index contributed by atoms with van der Waals surface area (Å²) in [6.07, 6.45) is -0.483. The Hall–Kier alpha value is -3.02. The lowest BCUT2D eigenvalue weighted by Crippen LogP contribution is -2.45. The summed E-state index contributed by atoms with van der Waals surface area (Å²) in [6.45, 7) is 5.38. The first-order chi connectivity index (χ1) is 12.7. The van der Waals surface area contributed by atoms with Gasteiger partial charge in [-0.25, -0.2) is 9.59 Å². The van der Waals surface area contributed by atoms with Gasteiger partial charge in [0.25, 0.3) is 0 Å². The lowest BCUT2D eigenvalue weighted by molar-refractivity contribution is -0.157. The first kappa shape index (κ1) is 20.3. The molecule has 0 fully saturated rings. The topological polar surface area (TPSA) is 84.9 Å². The average Bonchev–Trinajstić information content (AvgIpc) is 2.60. The van der Waals surface area contributed by atoms with Gasteiger partial charge in [-0.15, -0.1) is 0 Å². The van der Waals surface area contributed by atoms with Gasteiger partial charge in [-0.2, -0.15) is 0 Å². The second-order valence-corrected chi connectivity index (χ2v) is 7.16. The molecule has 0 radical (unpaired) electrons. The van der Waals surface area contributed by atoms with E-state index in [9.17, 15) is 14.7 Å². The van der Waals surface area contributed by atoms with Crippen LogP contribution in [0.25, 0.3) is 0 Å². The van der Waals surface area contributed by atoms with Crippen LogP contribution in [0.2, 0.25) is 0 Å². The van der Waals surface area contributed by atoms with Crippen LogP contribution in [0.5, 0.6) is 5.75 Å². The molecule has 2 rings (SSSR count). The Morgan fingerprint density at radius 1 is 1.00 bits per heavy atom. The molecule has 6 heteroatoms. The molecule has 27 heavy (non-hydrogen) atoms. The molecule has 1 atom stereocenters. The summed E-state index contributed by atoms with van der Waals surface area (Å²) in [4.78, 5) is 24.7. The molecule has 1 amide bonds. The quantitative estimate of drug-likeness (QED) is 0.758. The summed E-state index contributed by atoms with van der Waals surface area (Å²) in [5.41, 5.74) is 0.937. The minimum absolute atomic E-state index is 0.104. The highest BCUT2D eigenvalue weighted by atomic mass is 16.6. The Balaban J connectivity index is 2.02. The summed E-state index contributed by atoms with van der Waals surface area (Å²) < 4.78 is 10.6. The number of phenolic OH excluding ortho intramolecular Hbond substituents is 1. The van der Waals surface area contributed by atoms with Crippen molar-refractivity contribution < 1.29 is 24.2 Å². The average molecular weight is 371 g/mol. The van der Waals surface area contributed by atoms with Crippen molar-refractivity contribution in [1.82, 2.24) is 5.32 Å². The lowest BCUT2D eigenvalue weighted by atomic mass is 10.1. The Bertz CT molecular complexity index is 750. The molecule has 144 valence electrons. The minimum Gasteiger partial charge on any atom is -0.508 e. The number of carbonyl (C=O) groups is 2. The van der Waals surface area contributed by atoms with Crippen LogP contribution in [0.4, 0.5) is 4.79 Å². The fourth-order valence-electron chi connectivity index (χ4n) is 2.34. The maximum absolute atomic E-state index is 12.5. The number of amides is 1. The molecular weight excluding hydrogens is 346 g/mol. The van der Waals surface area contributed by atoms with E-state index < -0.39 is 23.7 Å². The summed E-state index contributed by atoms with van der Waals surface area (Å²) in [7, 11) is 0. The number of hydrogen-bond donors (Lipinski definition) is 2. The van der Waals surface area contributed by atoms with Crippen molar-refractivity contribution in [2.24, 2.45) is 0 Å². The van der Waals surface area contributed by atoms with Gasteiger partial charge in [0, 0.05) is 6.42 Å². The number of ether oxygens (including phenoxy) is 2. The second kappa shape index (κ2) is 9.07. The maximum atomic E-state index is 12.5. The van der Waals surface area contributed by atoms with Crippen molar-refractivity contribution in [2.45, 2.75) is 45.4 Å². The molecule has 2 aromatic carbocycles. The largest absolute Gasteiger partial charge is 0.508 e. The Labute approximate surface area is 159 Å². The molecule has 0 saturated heterocycles. The van der Waals surface area contributed by atoms with E-state index in [1.807, 2.05) is 30.3 Å². The van der Waals surface area contributed by atoms with Gasteiger partial charge in [-0.05, 0) is 44.0 Å². The van der Waals surface area contributed by atoms with Crippen LogP contribution in [-0.4, -0.2) is 28.8 Å². The molecule has 0 aliphatic rings. The minimum atomic E-state index is -0.906. The standard InChI is InChI=1S/C21H25NO5/c1-21(2,3)27-19(24)18(13-15-9-11-17(23)12-10-15)22-20(25)26-14-16-7-5-4-6-8-16/h4-12,18,23H,13-14H2,1-3H3,(H,22,25)/t18-/m1/s1. The number of hydrogen-bond acceptors (Lipinski definition) is 5. The van der Waals surface area contributed by atoms with Crippen LogP contribution in [0.3, 0.4) is 0 Å². The van der Waals surface area contributed by atoms with Gasteiger partial charge in [0.1, 0.15) is 24.0 Å². The van der Waals surface area contributed by atoms with Crippen molar-refractivity contribution in [3.05, 3.63) is 65.7 Å². The molecule has 2 N–H and O–H groups in total. The zero-order valence-corrected chi connectivity index (χ0v) is 15.8. The van der Waals surface area contributed by atoms with Crippen LogP contribution < -0.4 is 5.32 Å². The summed E-state index contributed by atoms with van der Waals surface area (Å²) in [6, 6.07) is 14.8. The molecule has 0 saturated carbocycles. The zero-order valence-electron chi connectivity index (χ0n) is 15.8. The van der Waals surface area contributed by atoms with Crippen LogP contribution >= 0.6 is 0 Å². The van der Waals surface area contributed by atoms with Crippen LogP contribution in [0.1, 0.15) is 31.9 Å². The lowest BCUT2D eigenvalue weighted by Gasteiger charge is -2.24. The first-order valence-electron chi connectivity index (χ1n) is 8.71. The normalized spacial score (nSPS) is 12.1. The highest BCUT2D eigenvalue weighted by Crippen LogP contribution is 2.14. The van der Waals surface area contributed by atoms with E-state index in [-0.39, 0.29) is 18.8 Å². The monoisotopic (exact) mass is 371 g/mol. The SMILES string of the molecule is CC(C)(C)OC(=O)[C@@H](Cc1ccc(O)cc1)NC(=O)OCc1ccccc1. The molecule has 0 aliphatic carbocycles. The molecule has 0 bridgehead atoms. The number of rotatable bonds is 6. The maximum Gasteiger partial charge on any atom is 0.408 e. The van der Waals surface area contributed by atoms with Crippen molar-refractivity contribution in [2.75, 3.05) is 0 Å². The number of phenols is 1. The van der Waals surface area contributed by atoms with Gasteiger partial charge in [0.2, 0.25) is 0 Å². The van der Waals surface area contributed by atoms with Crippen molar-refractivity contribution in [1.29, 1.82) is 0 Å². The Morgan fingerprint density at radius 3 is 2.22 bits per heavy atom. The van der Waals surface area contributed by atoms with Crippen molar-refractivity contribution >= 4 is 12.1 Å². The number of carbonyl (C=O) groups excluding carboxylic acids is 2. The van der Waals surface area contributed by atoms with Gasteiger partial charge >= 0.3 is 12.1 Å². The molecule has 0 heterocycles. The van der Waals surface area contributed by atoms with Gasteiger partial charge in [0.15, 0.2) is 0 Å². The molecule has 6 nitrogen and oxygen atoms in total. The van der Waals surface area contributed by atoms with E-state index in [2.05, 4.69) is 5.32 Å². The van der Waals surface area contributed by atoms with Crippen molar-refractivity contribution in [3.63, 3.8) is 0 Å². The van der Waals surface area contributed by atoms with Gasteiger partial charge in [0.05, 0.1) is 0 Å². The number of aromatic hydroxyl groups is 1. The van der Waals surface area contributed by atoms with Crippen LogP contribution in [0.15, 0.2) is 54.6 Å². The molecular formula is C21H25NO5. The first-order valence-corrected chi connectivity index (χ1v) is 8.71. The van der Waals surface area contributed by atoms with Gasteiger partial charge < -0.3 is 19.9 Å². The van der Waals surface area contributed by atoms with Crippen LogP contribution in [-0.2, 0) is 27.3 Å². The van der Waals surface area contributed by atoms with E-state index in [0.717, 1.165) is 11.1 Å². The third kappa shape index (κ3) is 7.40. The number of alkyl carbamates (subject to hydrolysis) is 1. The molecule has 0 spiro atoms. The molecule has 2 aromatic rings. The smallest absolute Gasteiger partial charge is 0.408 e. The molecule has 0 aliphatic heterocycles. The zero-order chi connectivity index (χ0) is 19.9. The summed E-state index contributed by atoms with van der Waals surface area (Å²) in [5.74, 6) is -0.421. The number of nitrogens with one attached hydrogen (secondary N) is 1. The Morgan fingerprint density at radius 2 is 1.63 bits per heavy atom. The van der Waals surface area contributed by atoms with Crippen molar-refractivity contribution in [3.8, 4) is 5.75 Å². The Kier molecular flexibility index (Phi) is 6.82. The number of benzene rings is 2. The van der Waals surface area contributed by atoms with Gasteiger partial charge in [-0.1, -0.05) is 42.5 Å². The van der Waals surface area contributed by atoms with Crippen LogP contribution in [0, 0.1) is 0 Å². The van der Waals surface area contributed by atoms with E-state index in [1.54, 1.807) is 32.9 Å². The highest BCUT2D eigenvalue weighted by Gasteiger charge is 2.27. The summed E-state index contributed by atoms with van der Waals surface area (Å²) in [5, 5.41) is 12.0. The van der Waals surface area contributed by atoms with E-state index in [4.69, 9.17) is 9.47 Å². The third-order valence-electron chi connectivity index (χ3n) is 3.57. The highest BCUT2D eigenvalue weighted by molar-refractivity contribution is 5.82. The van der Waals surface area contributed by atoms with E-state index >= 15 is 0 Å². The second-order valence-electron chi connectivity index (χ2n) is 7.16. The van der Waals surface area contributed by atoms with E-state index in [0.29, 0.717) is 0 Å². The van der Waals surface area contributed by atoms with Gasteiger partial charge in [-0.3, -0.25) is 0 Å². The fourth-order valence-corrected chi connectivity index (χ4v) is 2.34. The predicted octanol–water partition coefficient (Wildman–Crippen LogP) is 3.57. The summed E-state index contributed by atoms with van der Waals surface area (Å²) >= 11 is 0.